The molecule has 2 aromatic rings. The molecule has 0 aliphatic carbocycles. The fourth-order valence-corrected chi connectivity index (χ4v) is 1.83. The third kappa shape index (κ3) is 2.52. The number of aldehydes is 1. The van der Waals surface area contributed by atoms with Crippen LogP contribution in [-0.2, 0) is 12.7 Å². The average molecular weight is 268 g/mol. The van der Waals surface area contributed by atoms with Crippen molar-refractivity contribution >= 4 is 6.29 Å². The van der Waals surface area contributed by atoms with Crippen molar-refractivity contribution in [1.29, 1.82) is 0 Å². The van der Waals surface area contributed by atoms with E-state index < -0.39 is 11.7 Å². The zero-order valence-electron chi connectivity index (χ0n) is 10.1. The van der Waals surface area contributed by atoms with E-state index in [0.29, 0.717) is 12.8 Å². The number of aryl methyl sites for hydroxylation is 1. The van der Waals surface area contributed by atoms with Crippen LogP contribution in [0.5, 0.6) is 0 Å². The van der Waals surface area contributed by atoms with Gasteiger partial charge in [-0.15, -0.1) is 0 Å². The van der Waals surface area contributed by atoms with Gasteiger partial charge in [-0.3, -0.25) is 9.48 Å². The van der Waals surface area contributed by atoms with Gasteiger partial charge >= 0.3 is 6.18 Å². The Kier molecular flexibility index (Phi) is 3.42. The van der Waals surface area contributed by atoms with Crippen molar-refractivity contribution in [2.45, 2.75) is 19.6 Å². The normalized spacial score (nSPS) is 11.6. The van der Waals surface area contributed by atoms with Crippen LogP contribution in [0.3, 0.4) is 0 Å². The Bertz CT molecular complexity index is 602. The molecule has 0 aliphatic heterocycles. The number of nitrogens with zero attached hydrogens (tertiary/aromatic N) is 2. The van der Waals surface area contributed by atoms with E-state index in [4.69, 9.17) is 0 Å². The Hall–Kier alpha value is -2.11. The maximum atomic E-state index is 12.9. The summed E-state index contributed by atoms with van der Waals surface area (Å²) in [6.45, 7) is 2.27. The van der Waals surface area contributed by atoms with E-state index in [9.17, 15) is 18.0 Å². The minimum absolute atomic E-state index is 0.0600. The summed E-state index contributed by atoms with van der Waals surface area (Å²) in [7, 11) is 0. The van der Waals surface area contributed by atoms with E-state index >= 15 is 0 Å². The number of alkyl halides is 3. The lowest BCUT2D eigenvalue weighted by molar-refractivity contribution is -0.137. The highest BCUT2D eigenvalue weighted by Gasteiger charge is 2.34. The van der Waals surface area contributed by atoms with Crippen molar-refractivity contribution in [3.05, 3.63) is 41.6 Å². The summed E-state index contributed by atoms with van der Waals surface area (Å²) in [5.41, 5.74) is -0.660. The van der Waals surface area contributed by atoms with E-state index in [0.717, 1.165) is 6.07 Å². The number of hydrogen-bond acceptors (Lipinski definition) is 2. The van der Waals surface area contributed by atoms with Crippen molar-refractivity contribution in [3.63, 3.8) is 0 Å². The van der Waals surface area contributed by atoms with E-state index in [2.05, 4.69) is 5.10 Å². The Morgan fingerprint density at radius 3 is 2.58 bits per heavy atom. The number of carbonyl (C=O) groups excluding carboxylic acids is 1. The van der Waals surface area contributed by atoms with Crippen molar-refractivity contribution in [1.82, 2.24) is 9.78 Å². The molecule has 100 valence electrons. The molecule has 19 heavy (non-hydrogen) atoms. The molecule has 3 nitrogen and oxygen atoms in total. The predicted molar refractivity (Wildman–Crippen MR) is 63.7 cm³/mol. The molecule has 0 fully saturated rings. The maximum Gasteiger partial charge on any atom is 0.417 e. The summed E-state index contributed by atoms with van der Waals surface area (Å²) >= 11 is 0. The molecule has 0 radical (unpaired) electrons. The number of carbonyl (C=O) groups is 1. The van der Waals surface area contributed by atoms with E-state index in [-0.39, 0.29) is 16.8 Å². The summed E-state index contributed by atoms with van der Waals surface area (Å²) < 4.78 is 40.2. The molecule has 1 aromatic heterocycles. The number of rotatable bonds is 3. The summed E-state index contributed by atoms with van der Waals surface area (Å²) in [5, 5.41) is 4.03. The first kappa shape index (κ1) is 13.3. The molecule has 0 atom stereocenters. The molecule has 6 heteroatoms. The second-order valence-corrected chi connectivity index (χ2v) is 3.95. The molecule has 0 bridgehead atoms. The van der Waals surface area contributed by atoms with Crippen LogP contribution in [-0.4, -0.2) is 16.1 Å². The monoisotopic (exact) mass is 268 g/mol. The van der Waals surface area contributed by atoms with E-state index in [1.54, 1.807) is 6.92 Å². The lowest BCUT2D eigenvalue weighted by Crippen LogP contribution is -2.07. The van der Waals surface area contributed by atoms with Crippen LogP contribution in [0.4, 0.5) is 13.2 Å². The highest BCUT2D eigenvalue weighted by Crippen LogP contribution is 2.37. The lowest BCUT2D eigenvalue weighted by atomic mass is 10.0. The van der Waals surface area contributed by atoms with Crippen molar-refractivity contribution in [3.8, 4) is 11.3 Å². The standard InChI is InChI=1S/C13H11F3N2O/c1-2-18-7-9(8-19)12(17-18)10-5-3-4-6-11(10)13(14,15)16/h3-8H,2H2,1H3. The van der Waals surface area contributed by atoms with Crippen LogP contribution in [0.2, 0.25) is 0 Å². The third-order valence-corrected chi connectivity index (χ3v) is 2.73. The number of halogens is 3. The van der Waals surface area contributed by atoms with Crippen LogP contribution < -0.4 is 0 Å². The molecule has 0 unspecified atom stereocenters. The van der Waals surface area contributed by atoms with Gasteiger partial charge in [-0.25, -0.2) is 0 Å². The van der Waals surface area contributed by atoms with Crippen LogP contribution in [0.15, 0.2) is 30.5 Å². The molecule has 0 saturated carbocycles. The maximum absolute atomic E-state index is 12.9. The van der Waals surface area contributed by atoms with Gasteiger partial charge in [0.2, 0.25) is 0 Å². The number of aromatic nitrogens is 2. The van der Waals surface area contributed by atoms with Crippen LogP contribution in [0, 0.1) is 0 Å². The van der Waals surface area contributed by atoms with E-state index in [1.807, 2.05) is 0 Å². The SMILES string of the molecule is CCn1cc(C=O)c(-c2ccccc2C(F)(F)F)n1. The van der Waals surface area contributed by atoms with Gasteiger partial charge in [-0.1, -0.05) is 18.2 Å². The van der Waals surface area contributed by atoms with E-state index in [1.165, 1.54) is 29.1 Å². The Morgan fingerprint density at radius 2 is 2.00 bits per heavy atom. The lowest BCUT2D eigenvalue weighted by Gasteiger charge is -2.11. The molecule has 1 aromatic carbocycles. The van der Waals surface area contributed by atoms with Crippen molar-refractivity contribution < 1.29 is 18.0 Å². The molecular weight excluding hydrogens is 257 g/mol. The smallest absolute Gasteiger partial charge is 0.298 e. The first-order chi connectivity index (χ1) is 8.97. The molecule has 2 rings (SSSR count). The van der Waals surface area contributed by atoms with Crippen molar-refractivity contribution in [2.24, 2.45) is 0 Å². The molecule has 0 spiro atoms. The third-order valence-electron chi connectivity index (χ3n) is 2.73. The molecule has 0 saturated heterocycles. The van der Waals surface area contributed by atoms with Crippen LogP contribution >= 0.6 is 0 Å². The Balaban J connectivity index is 2.65. The minimum atomic E-state index is -4.48. The van der Waals surface area contributed by atoms with Crippen LogP contribution in [0.25, 0.3) is 11.3 Å². The molecule has 0 aliphatic rings. The van der Waals surface area contributed by atoms with Gasteiger partial charge in [-0.2, -0.15) is 18.3 Å². The number of hydrogen-bond donors (Lipinski definition) is 0. The van der Waals surface area contributed by atoms with Gasteiger partial charge in [0.15, 0.2) is 6.29 Å². The molecular formula is C13H11F3N2O. The Morgan fingerprint density at radius 1 is 1.32 bits per heavy atom. The second-order valence-electron chi connectivity index (χ2n) is 3.95. The summed E-state index contributed by atoms with van der Waals surface area (Å²) in [6.07, 6.45) is -2.52. The molecule has 1 heterocycles. The largest absolute Gasteiger partial charge is 0.417 e. The topological polar surface area (TPSA) is 34.9 Å². The fraction of sp³-hybridized carbons (Fsp3) is 0.231. The zero-order valence-corrected chi connectivity index (χ0v) is 10.1. The summed E-state index contributed by atoms with van der Waals surface area (Å²) in [6, 6.07) is 5.10. The van der Waals surface area contributed by atoms with Gasteiger partial charge in [0.1, 0.15) is 5.69 Å². The summed E-state index contributed by atoms with van der Waals surface area (Å²) in [5.74, 6) is 0. The van der Waals surface area contributed by atoms with Crippen molar-refractivity contribution in [2.75, 3.05) is 0 Å². The highest BCUT2D eigenvalue weighted by atomic mass is 19.4. The van der Waals surface area contributed by atoms with Gasteiger partial charge < -0.3 is 0 Å². The predicted octanol–water partition coefficient (Wildman–Crippen LogP) is 3.40. The quantitative estimate of drug-likeness (QED) is 0.800. The van der Waals surface area contributed by atoms with Gasteiger partial charge in [-0.05, 0) is 13.0 Å². The minimum Gasteiger partial charge on any atom is -0.298 e. The molecule has 0 N–H and O–H groups in total. The first-order valence-electron chi connectivity index (χ1n) is 5.66. The number of benzene rings is 1. The zero-order chi connectivity index (χ0) is 14.0. The second kappa shape index (κ2) is 4.87. The average Bonchev–Trinajstić information content (AvgIpc) is 2.81. The first-order valence-corrected chi connectivity index (χ1v) is 5.66. The Labute approximate surface area is 107 Å². The van der Waals surface area contributed by atoms with Gasteiger partial charge in [0.05, 0.1) is 11.1 Å². The molecule has 0 amide bonds. The van der Waals surface area contributed by atoms with Crippen LogP contribution in [0.1, 0.15) is 22.8 Å². The fourth-order valence-electron chi connectivity index (χ4n) is 1.83. The highest BCUT2D eigenvalue weighted by molar-refractivity contribution is 5.86. The summed E-state index contributed by atoms with van der Waals surface area (Å²) in [4.78, 5) is 11.0. The van der Waals surface area contributed by atoms with Gasteiger partial charge in [0, 0.05) is 18.3 Å². The van der Waals surface area contributed by atoms with Gasteiger partial charge in [0.25, 0.3) is 0 Å².